The molecule has 0 aromatic rings. The first-order chi connectivity index (χ1) is 10.9. The van der Waals surface area contributed by atoms with E-state index in [9.17, 15) is 52.7 Å². The van der Waals surface area contributed by atoms with Crippen LogP contribution in [0.1, 0.15) is 0 Å². The molecule has 0 spiro atoms. The highest BCUT2D eigenvalue weighted by molar-refractivity contribution is 4.99. The second-order valence-electron chi connectivity index (χ2n) is 4.66. The van der Waals surface area contributed by atoms with Crippen LogP contribution in [0, 0.1) is 11.8 Å². The molecule has 2 atom stereocenters. The minimum atomic E-state index is -6.06. The van der Waals surface area contributed by atoms with Gasteiger partial charge in [-0.3, -0.25) is 0 Å². The maximum atomic E-state index is 12.6. The highest BCUT2D eigenvalue weighted by Crippen LogP contribution is 2.46. The summed E-state index contributed by atoms with van der Waals surface area (Å²) in [6, 6.07) is 0. The Hall–Kier alpha value is -1.40. The molecule has 0 radical (unpaired) electrons. The molecule has 0 aliphatic rings. The number of rotatable bonds is 6. The SMILES string of the molecule is C=CC(OC(C=C)C(C(F)(F)F)C(F)(F)F)C(C(F)(F)F)C(F)(F)F. The molecular formula is C12H10F12O. The quantitative estimate of drug-likeness (QED) is 0.419. The molecule has 0 rings (SSSR count). The number of halogens is 12. The average Bonchev–Trinajstić information content (AvgIpc) is 2.29. The van der Waals surface area contributed by atoms with Crippen LogP contribution in [0.25, 0.3) is 0 Å². The van der Waals surface area contributed by atoms with E-state index in [1.54, 1.807) is 0 Å². The Labute approximate surface area is 132 Å². The first-order valence-corrected chi connectivity index (χ1v) is 6.04. The van der Waals surface area contributed by atoms with Gasteiger partial charge in [0.1, 0.15) is 0 Å². The normalized spacial score (nSPS) is 16.9. The molecular weight excluding hydrogens is 388 g/mol. The number of hydrogen-bond acceptors (Lipinski definition) is 1. The Morgan fingerprint density at radius 1 is 0.520 bits per heavy atom. The fourth-order valence-corrected chi connectivity index (χ4v) is 1.84. The standard InChI is InChI=1S/C12H10F12O/c1-3-5(7(9(13,14)15)10(16,17)18)25-6(4-2)8(11(19,20)21)12(22,23)24/h3-8H,1-2H2. The third-order valence-corrected chi connectivity index (χ3v) is 2.85. The molecule has 0 heterocycles. The topological polar surface area (TPSA) is 9.23 Å². The van der Waals surface area contributed by atoms with E-state index in [0.717, 1.165) is 0 Å². The summed E-state index contributed by atoms with van der Waals surface area (Å²) in [5, 5.41) is 0. The van der Waals surface area contributed by atoms with E-state index in [1.165, 1.54) is 0 Å². The molecule has 0 saturated carbocycles. The van der Waals surface area contributed by atoms with E-state index in [0.29, 0.717) is 0 Å². The van der Waals surface area contributed by atoms with Gasteiger partial charge in [-0.25, -0.2) is 0 Å². The van der Waals surface area contributed by atoms with Crippen molar-refractivity contribution in [1.82, 2.24) is 0 Å². The monoisotopic (exact) mass is 398 g/mol. The Balaban J connectivity index is 5.92. The van der Waals surface area contributed by atoms with Crippen molar-refractivity contribution in [2.24, 2.45) is 11.8 Å². The van der Waals surface area contributed by atoms with Crippen LogP contribution in [0.3, 0.4) is 0 Å². The van der Waals surface area contributed by atoms with Crippen LogP contribution >= 0.6 is 0 Å². The van der Waals surface area contributed by atoms with E-state index in [-0.39, 0.29) is 12.2 Å². The number of alkyl halides is 12. The zero-order chi connectivity index (χ0) is 20.4. The lowest BCUT2D eigenvalue weighted by Gasteiger charge is -2.34. The summed E-state index contributed by atoms with van der Waals surface area (Å²) in [5.41, 5.74) is 0. The van der Waals surface area contributed by atoms with E-state index in [4.69, 9.17) is 0 Å². The van der Waals surface area contributed by atoms with Gasteiger partial charge in [-0.05, 0) is 0 Å². The van der Waals surface area contributed by atoms with Gasteiger partial charge in [-0.1, -0.05) is 12.2 Å². The molecule has 0 aromatic carbocycles. The Morgan fingerprint density at radius 3 is 0.840 bits per heavy atom. The zero-order valence-electron chi connectivity index (χ0n) is 11.8. The van der Waals surface area contributed by atoms with Crippen molar-refractivity contribution in [3.63, 3.8) is 0 Å². The predicted molar refractivity (Wildman–Crippen MR) is 60.3 cm³/mol. The zero-order valence-corrected chi connectivity index (χ0v) is 11.8. The molecule has 0 aliphatic heterocycles. The molecule has 0 fully saturated rings. The molecule has 0 saturated heterocycles. The fraction of sp³-hybridized carbons (Fsp3) is 0.667. The molecule has 25 heavy (non-hydrogen) atoms. The summed E-state index contributed by atoms with van der Waals surface area (Å²) in [6.07, 6.45) is -31.1. The lowest BCUT2D eigenvalue weighted by atomic mass is 9.97. The highest BCUT2D eigenvalue weighted by atomic mass is 19.4. The van der Waals surface area contributed by atoms with E-state index in [2.05, 4.69) is 17.9 Å². The van der Waals surface area contributed by atoms with Gasteiger partial charge in [0.2, 0.25) is 0 Å². The molecule has 0 aliphatic carbocycles. The summed E-state index contributed by atoms with van der Waals surface area (Å²) in [4.78, 5) is 0. The average molecular weight is 398 g/mol. The van der Waals surface area contributed by atoms with Gasteiger partial charge < -0.3 is 4.74 Å². The highest BCUT2D eigenvalue weighted by Gasteiger charge is 2.63. The Bertz CT molecular complexity index is 385. The predicted octanol–water partition coefficient (Wildman–Crippen LogP) is 5.59. The van der Waals surface area contributed by atoms with Gasteiger partial charge in [-0.15, -0.1) is 13.2 Å². The smallest absolute Gasteiger partial charge is 0.365 e. The minimum absolute atomic E-state index is 0.175. The molecule has 1 nitrogen and oxygen atoms in total. The van der Waals surface area contributed by atoms with Gasteiger partial charge in [0.05, 0.1) is 12.2 Å². The Kier molecular flexibility index (Phi) is 7.04. The molecule has 2 unspecified atom stereocenters. The summed E-state index contributed by atoms with van der Waals surface area (Å²) in [6.45, 7) is 5.12. The lowest BCUT2D eigenvalue weighted by Crippen LogP contribution is -2.50. The van der Waals surface area contributed by atoms with Crippen molar-refractivity contribution in [2.45, 2.75) is 36.9 Å². The summed E-state index contributed by atoms with van der Waals surface area (Å²) < 4.78 is 155. The van der Waals surface area contributed by atoms with Crippen LogP contribution in [0.2, 0.25) is 0 Å². The van der Waals surface area contributed by atoms with Gasteiger partial charge in [0, 0.05) is 0 Å². The summed E-state index contributed by atoms with van der Waals surface area (Å²) >= 11 is 0. The third kappa shape index (κ3) is 6.44. The molecule has 0 aromatic heterocycles. The number of hydrogen-bond donors (Lipinski definition) is 0. The van der Waals surface area contributed by atoms with Gasteiger partial charge in [0.15, 0.2) is 11.8 Å². The van der Waals surface area contributed by atoms with Crippen molar-refractivity contribution in [3.8, 4) is 0 Å². The summed E-state index contributed by atoms with van der Waals surface area (Å²) in [7, 11) is 0. The van der Waals surface area contributed by atoms with Crippen LogP contribution in [-0.2, 0) is 4.74 Å². The summed E-state index contributed by atoms with van der Waals surface area (Å²) in [5.74, 6) is -8.75. The van der Waals surface area contributed by atoms with Gasteiger partial charge >= 0.3 is 24.7 Å². The maximum Gasteiger partial charge on any atom is 0.403 e. The van der Waals surface area contributed by atoms with Gasteiger partial charge in [0.25, 0.3) is 0 Å². The van der Waals surface area contributed by atoms with Crippen LogP contribution in [0.5, 0.6) is 0 Å². The van der Waals surface area contributed by atoms with Crippen molar-refractivity contribution in [3.05, 3.63) is 25.3 Å². The first kappa shape index (κ1) is 23.6. The van der Waals surface area contributed by atoms with Crippen LogP contribution in [-0.4, -0.2) is 36.9 Å². The van der Waals surface area contributed by atoms with Crippen molar-refractivity contribution < 1.29 is 57.4 Å². The molecule has 148 valence electrons. The van der Waals surface area contributed by atoms with Crippen LogP contribution in [0.4, 0.5) is 52.7 Å². The van der Waals surface area contributed by atoms with Crippen LogP contribution < -0.4 is 0 Å². The third-order valence-electron chi connectivity index (χ3n) is 2.85. The number of ether oxygens (including phenoxy) is 1. The van der Waals surface area contributed by atoms with Crippen molar-refractivity contribution >= 4 is 0 Å². The molecule has 0 bridgehead atoms. The Morgan fingerprint density at radius 2 is 0.720 bits per heavy atom. The van der Waals surface area contributed by atoms with E-state index < -0.39 is 48.7 Å². The van der Waals surface area contributed by atoms with E-state index >= 15 is 0 Å². The van der Waals surface area contributed by atoms with Crippen LogP contribution in [0.15, 0.2) is 25.3 Å². The van der Waals surface area contributed by atoms with Crippen molar-refractivity contribution in [1.29, 1.82) is 0 Å². The largest absolute Gasteiger partial charge is 0.403 e. The van der Waals surface area contributed by atoms with Gasteiger partial charge in [-0.2, -0.15) is 52.7 Å². The molecule has 0 amide bonds. The second-order valence-corrected chi connectivity index (χ2v) is 4.66. The molecule has 13 heteroatoms. The van der Waals surface area contributed by atoms with E-state index in [1.807, 2.05) is 0 Å². The fourth-order valence-electron chi connectivity index (χ4n) is 1.84. The first-order valence-electron chi connectivity index (χ1n) is 6.04. The maximum absolute atomic E-state index is 12.6. The van der Waals surface area contributed by atoms with Crippen molar-refractivity contribution in [2.75, 3.05) is 0 Å². The molecule has 0 N–H and O–H groups in total. The lowest BCUT2D eigenvalue weighted by molar-refractivity contribution is -0.328. The second kappa shape index (κ2) is 7.46. The minimum Gasteiger partial charge on any atom is -0.365 e.